The second kappa shape index (κ2) is 7.92. The summed E-state index contributed by atoms with van der Waals surface area (Å²) in [5, 5.41) is 0. The van der Waals surface area contributed by atoms with Crippen LogP contribution in [0.2, 0.25) is 0 Å². The minimum atomic E-state index is 0.660. The van der Waals surface area contributed by atoms with Gasteiger partial charge >= 0.3 is 0 Å². The van der Waals surface area contributed by atoms with Crippen LogP contribution in [0.25, 0.3) is 0 Å². The van der Waals surface area contributed by atoms with E-state index in [4.69, 9.17) is 5.73 Å². The van der Waals surface area contributed by atoms with E-state index in [0.717, 1.165) is 19.5 Å². The first-order valence-corrected chi connectivity index (χ1v) is 8.40. The first kappa shape index (κ1) is 16.5. The van der Waals surface area contributed by atoms with E-state index in [9.17, 15) is 0 Å². The van der Waals surface area contributed by atoms with Crippen LogP contribution in [0.15, 0.2) is 24.3 Å². The number of hydrogen-bond donors (Lipinski definition) is 1. The Kier molecular flexibility index (Phi) is 6.22. The Balaban J connectivity index is 1.91. The summed E-state index contributed by atoms with van der Waals surface area (Å²) in [6, 6.07) is 10.3. The normalized spacial score (nSPS) is 21.1. The standard InChI is InChI=1S/C18H31N3/c1-4-18-14-20(11-12-21(18)15(2)3)13-17-7-5-16(6-8-17)9-10-19/h5-8,15,18H,4,9-14,19H2,1-3H3/t18-/m1/s1. The summed E-state index contributed by atoms with van der Waals surface area (Å²) < 4.78 is 0. The van der Waals surface area contributed by atoms with Crippen LogP contribution in [0, 0.1) is 0 Å². The molecule has 0 saturated carbocycles. The third-order valence-corrected chi connectivity index (χ3v) is 4.61. The molecule has 1 fully saturated rings. The monoisotopic (exact) mass is 289 g/mol. The highest BCUT2D eigenvalue weighted by Crippen LogP contribution is 2.18. The molecule has 3 nitrogen and oxygen atoms in total. The molecule has 3 heteroatoms. The first-order valence-electron chi connectivity index (χ1n) is 8.40. The lowest BCUT2D eigenvalue weighted by atomic mass is 10.1. The van der Waals surface area contributed by atoms with Crippen molar-refractivity contribution in [1.82, 2.24) is 9.80 Å². The van der Waals surface area contributed by atoms with E-state index in [2.05, 4.69) is 54.8 Å². The Morgan fingerprint density at radius 1 is 1.14 bits per heavy atom. The summed E-state index contributed by atoms with van der Waals surface area (Å²) in [4.78, 5) is 5.26. The second-order valence-electron chi connectivity index (χ2n) is 6.48. The van der Waals surface area contributed by atoms with Gasteiger partial charge in [0.2, 0.25) is 0 Å². The van der Waals surface area contributed by atoms with Crippen LogP contribution in [-0.2, 0) is 13.0 Å². The molecule has 0 aromatic heterocycles. The quantitative estimate of drug-likeness (QED) is 0.873. The maximum absolute atomic E-state index is 5.60. The molecule has 1 atom stereocenters. The van der Waals surface area contributed by atoms with Crippen LogP contribution >= 0.6 is 0 Å². The van der Waals surface area contributed by atoms with Crippen molar-refractivity contribution >= 4 is 0 Å². The average Bonchev–Trinajstić information content (AvgIpc) is 2.49. The molecule has 0 radical (unpaired) electrons. The van der Waals surface area contributed by atoms with Crippen molar-refractivity contribution in [2.75, 3.05) is 26.2 Å². The Hall–Kier alpha value is -0.900. The predicted molar refractivity (Wildman–Crippen MR) is 90.4 cm³/mol. The van der Waals surface area contributed by atoms with Gasteiger partial charge < -0.3 is 5.73 Å². The van der Waals surface area contributed by atoms with Crippen molar-refractivity contribution in [3.8, 4) is 0 Å². The lowest BCUT2D eigenvalue weighted by molar-refractivity contribution is 0.0457. The predicted octanol–water partition coefficient (Wildman–Crippen LogP) is 2.49. The molecule has 2 N–H and O–H groups in total. The third-order valence-electron chi connectivity index (χ3n) is 4.61. The van der Waals surface area contributed by atoms with E-state index in [-0.39, 0.29) is 0 Å². The van der Waals surface area contributed by atoms with E-state index in [1.54, 1.807) is 0 Å². The minimum absolute atomic E-state index is 0.660. The Labute approximate surface area is 130 Å². The van der Waals surface area contributed by atoms with Gasteiger partial charge in [-0.25, -0.2) is 0 Å². The molecule has 0 aliphatic carbocycles. The van der Waals surface area contributed by atoms with Crippen LogP contribution in [0.5, 0.6) is 0 Å². The van der Waals surface area contributed by atoms with Crippen LogP contribution < -0.4 is 5.73 Å². The van der Waals surface area contributed by atoms with Crippen LogP contribution in [0.1, 0.15) is 38.3 Å². The molecular weight excluding hydrogens is 258 g/mol. The largest absolute Gasteiger partial charge is 0.330 e. The van der Waals surface area contributed by atoms with E-state index in [1.165, 1.54) is 37.2 Å². The van der Waals surface area contributed by atoms with Gasteiger partial charge in [0.25, 0.3) is 0 Å². The number of nitrogens with two attached hydrogens (primary N) is 1. The summed E-state index contributed by atoms with van der Waals surface area (Å²) in [6.07, 6.45) is 2.22. The van der Waals surface area contributed by atoms with Crippen molar-refractivity contribution in [3.05, 3.63) is 35.4 Å². The highest BCUT2D eigenvalue weighted by atomic mass is 15.3. The minimum Gasteiger partial charge on any atom is -0.330 e. The molecule has 118 valence electrons. The third kappa shape index (κ3) is 4.53. The number of benzene rings is 1. The summed E-state index contributed by atoms with van der Waals surface area (Å²) >= 11 is 0. The zero-order valence-electron chi connectivity index (χ0n) is 13.9. The van der Waals surface area contributed by atoms with Crippen molar-refractivity contribution in [1.29, 1.82) is 0 Å². The van der Waals surface area contributed by atoms with Gasteiger partial charge in [0.15, 0.2) is 0 Å². The van der Waals surface area contributed by atoms with Gasteiger partial charge in [0, 0.05) is 38.3 Å². The summed E-state index contributed by atoms with van der Waals surface area (Å²) in [5.74, 6) is 0. The maximum atomic E-state index is 5.60. The molecule has 2 rings (SSSR count). The van der Waals surface area contributed by atoms with Crippen LogP contribution in [0.4, 0.5) is 0 Å². The molecule has 1 aromatic carbocycles. The average molecular weight is 289 g/mol. The van der Waals surface area contributed by atoms with Crippen molar-refractivity contribution in [3.63, 3.8) is 0 Å². The van der Waals surface area contributed by atoms with E-state index in [1.807, 2.05) is 0 Å². The SMILES string of the molecule is CC[C@@H]1CN(Cc2ccc(CCN)cc2)CCN1C(C)C. The molecule has 1 aliphatic rings. The highest BCUT2D eigenvalue weighted by molar-refractivity contribution is 5.22. The smallest absolute Gasteiger partial charge is 0.0234 e. The van der Waals surface area contributed by atoms with E-state index in [0.29, 0.717) is 12.1 Å². The second-order valence-corrected chi connectivity index (χ2v) is 6.48. The zero-order chi connectivity index (χ0) is 15.2. The van der Waals surface area contributed by atoms with E-state index >= 15 is 0 Å². The van der Waals surface area contributed by atoms with Gasteiger partial charge in [-0.3, -0.25) is 9.80 Å². The van der Waals surface area contributed by atoms with Crippen LogP contribution in [0.3, 0.4) is 0 Å². The Morgan fingerprint density at radius 3 is 2.38 bits per heavy atom. The number of piperazine rings is 1. The molecule has 1 heterocycles. The summed E-state index contributed by atoms with van der Waals surface area (Å²) in [7, 11) is 0. The molecular formula is C18H31N3. The fourth-order valence-corrected chi connectivity index (χ4v) is 3.36. The van der Waals surface area contributed by atoms with Gasteiger partial charge in [0.05, 0.1) is 0 Å². The molecule has 1 aliphatic heterocycles. The molecule has 1 aromatic rings. The van der Waals surface area contributed by atoms with Crippen molar-refractivity contribution in [2.24, 2.45) is 5.73 Å². The molecule has 0 unspecified atom stereocenters. The fourth-order valence-electron chi connectivity index (χ4n) is 3.36. The maximum Gasteiger partial charge on any atom is 0.0234 e. The van der Waals surface area contributed by atoms with Crippen molar-refractivity contribution < 1.29 is 0 Å². The van der Waals surface area contributed by atoms with Gasteiger partial charge in [-0.15, -0.1) is 0 Å². The summed E-state index contributed by atoms with van der Waals surface area (Å²) in [5.41, 5.74) is 8.37. The number of hydrogen-bond acceptors (Lipinski definition) is 3. The topological polar surface area (TPSA) is 32.5 Å². The van der Waals surface area contributed by atoms with Gasteiger partial charge in [0.1, 0.15) is 0 Å². The molecule has 0 spiro atoms. The van der Waals surface area contributed by atoms with Gasteiger partial charge in [-0.1, -0.05) is 31.2 Å². The van der Waals surface area contributed by atoms with E-state index < -0.39 is 0 Å². The fraction of sp³-hybridized carbons (Fsp3) is 0.667. The van der Waals surface area contributed by atoms with Gasteiger partial charge in [-0.2, -0.15) is 0 Å². The highest BCUT2D eigenvalue weighted by Gasteiger charge is 2.27. The molecule has 0 bridgehead atoms. The lowest BCUT2D eigenvalue weighted by Crippen LogP contribution is -2.54. The van der Waals surface area contributed by atoms with Gasteiger partial charge in [-0.05, 0) is 44.4 Å². The Morgan fingerprint density at radius 2 is 1.81 bits per heavy atom. The first-order chi connectivity index (χ1) is 10.1. The lowest BCUT2D eigenvalue weighted by Gasteiger charge is -2.43. The molecule has 21 heavy (non-hydrogen) atoms. The number of nitrogens with zero attached hydrogens (tertiary/aromatic N) is 2. The summed E-state index contributed by atoms with van der Waals surface area (Å²) in [6.45, 7) is 12.3. The van der Waals surface area contributed by atoms with Crippen LogP contribution in [-0.4, -0.2) is 48.1 Å². The number of rotatable bonds is 6. The molecule has 0 amide bonds. The zero-order valence-corrected chi connectivity index (χ0v) is 13.9. The Bertz CT molecular complexity index is 413. The molecule has 1 saturated heterocycles. The van der Waals surface area contributed by atoms with Crippen molar-refractivity contribution in [2.45, 2.75) is 52.2 Å².